The topological polar surface area (TPSA) is 63.2 Å². The zero-order valence-corrected chi connectivity index (χ0v) is 16.9. The van der Waals surface area contributed by atoms with Gasteiger partial charge in [-0.1, -0.05) is 24.3 Å². The number of piperidine rings is 1. The smallest absolute Gasteiger partial charge is 0.310 e. The van der Waals surface area contributed by atoms with Gasteiger partial charge in [0.15, 0.2) is 5.96 Å². The second-order valence-corrected chi connectivity index (χ2v) is 6.61. The minimum absolute atomic E-state index is 0.0761. The minimum atomic E-state index is -0.0971. The number of hydrogen-bond donors (Lipinski definition) is 1. The maximum Gasteiger partial charge on any atom is 0.310 e. The molecule has 1 heterocycles. The Bertz CT molecular complexity index is 618. The summed E-state index contributed by atoms with van der Waals surface area (Å²) in [5.74, 6) is 0.686. The molecule has 6 heteroatoms. The quantitative estimate of drug-likeness (QED) is 0.430. The maximum atomic E-state index is 12.1. The number of benzene rings is 1. The van der Waals surface area contributed by atoms with Crippen molar-refractivity contribution in [3.05, 3.63) is 35.4 Å². The second-order valence-electron chi connectivity index (χ2n) is 6.61. The average molecular weight is 376 g/mol. The van der Waals surface area contributed by atoms with Gasteiger partial charge in [-0.15, -0.1) is 0 Å². The first-order chi connectivity index (χ1) is 13.2. The third-order valence-electron chi connectivity index (χ3n) is 4.65. The standard InChI is InChI=1S/C21H33N3O3/c1-4-22-21(24-13-9-12-18(15-24)20(25)27-6-3)23-14-17-10-7-8-11-19(17)16-26-5-2/h7-8,10-11,18H,4-6,9,12-16H2,1-3H3,(H,22,23). The van der Waals surface area contributed by atoms with Gasteiger partial charge >= 0.3 is 5.97 Å². The molecule has 1 N–H and O–H groups in total. The van der Waals surface area contributed by atoms with Crippen molar-refractivity contribution in [3.63, 3.8) is 0 Å². The fourth-order valence-corrected chi connectivity index (χ4v) is 3.27. The number of aliphatic imine (C=N–C) groups is 1. The van der Waals surface area contributed by atoms with E-state index in [9.17, 15) is 4.79 Å². The molecule has 0 aliphatic carbocycles. The molecule has 1 fully saturated rings. The van der Waals surface area contributed by atoms with Crippen molar-refractivity contribution in [2.24, 2.45) is 10.9 Å². The first-order valence-electron chi connectivity index (χ1n) is 10.0. The van der Waals surface area contributed by atoms with Crippen LogP contribution in [-0.4, -0.2) is 49.7 Å². The first kappa shape index (κ1) is 21.2. The third-order valence-corrected chi connectivity index (χ3v) is 4.65. The summed E-state index contributed by atoms with van der Waals surface area (Å²) in [5, 5.41) is 3.37. The van der Waals surface area contributed by atoms with Crippen LogP contribution in [-0.2, 0) is 27.4 Å². The average Bonchev–Trinajstić information content (AvgIpc) is 2.70. The summed E-state index contributed by atoms with van der Waals surface area (Å²) in [4.78, 5) is 19.1. The van der Waals surface area contributed by atoms with E-state index in [0.717, 1.165) is 31.9 Å². The van der Waals surface area contributed by atoms with Crippen molar-refractivity contribution in [2.75, 3.05) is 32.8 Å². The zero-order chi connectivity index (χ0) is 19.5. The normalized spacial score (nSPS) is 17.7. The largest absolute Gasteiger partial charge is 0.466 e. The van der Waals surface area contributed by atoms with Gasteiger partial charge in [-0.2, -0.15) is 0 Å². The number of esters is 1. The van der Waals surface area contributed by atoms with E-state index in [1.165, 1.54) is 11.1 Å². The number of likely N-dealkylation sites (tertiary alicyclic amines) is 1. The van der Waals surface area contributed by atoms with Crippen molar-refractivity contribution in [3.8, 4) is 0 Å². The number of hydrogen-bond acceptors (Lipinski definition) is 4. The molecular formula is C21H33N3O3. The Labute approximate surface area is 162 Å². The van der Waals surface area contributed by atoms with Crippen LogP contribution in [0.1, 0.15) is 44.7 Å². The first-order valence-corrected chi connectivity index (χ1v) is 10.0. The molecule has 0 aromatic heterocycles. The van der Waals surface area contributed by atoms with Gasteiger partial charge in [0.25, 0.3) is 0 Å². The number of carbonyl (C=O) groups excluding carboxylic acids is 1. The number of carbonyl (C=O) groups is 1. The summed E-state index contributed by atoms with van der Waals surface area (Å²) in [6.07, 6.45) is 1.85. The van der Waals surface area contributed by atoms with E-state index in [1.54, 1.807) is 0 Å². The van der Waals surface area contributed by atoms with Gasteiger partial charge in [0.1, 0.15) is 0 Å². The highest BCUT2D eigenvalue weighted by Gasteiger charge is 2.28. The second kappa shape index (κ2) is 11.6. The van der Waals surface area contributed by atoms with Crippen LogP contribution < -0.4 is 5.32 Å². The highest BCUT2D eigenvalue weighted by molar-refractivity contribution is 5.81. The van der Waals surface area contributed by atoms with Crippen molar-refractivity contribution in [1.29, 1.82) is 0 Å². The van der Waals surface area contributed by atoms with Crippen molar-refractivity contribution in [1.82, 2.24) is 10.2 Å². The number of guanidine groups is 1. The Kier molecular flexibility index (Phi) is 9.11. The van der Waals surface area contributed by atoms with Crippen LogP contribution in [0, 0.1) is 5.92 Å². The van der Waals surface area contributed by atoms with Gasteiger partial charge in [0, 0.05) is 26.2 Å². The number of nitrogens with one attached hydrogen (secondary N) is 1. The molecular weight excluding hydrogens is 342 g/mol. The summed E-state index contributed by atoms with van der Waals surface area (Å²) in [7, 11) is 0. The third kappa shape index (κ3) is 6.54. The lowest BCUT2D eigenvalue weighted by Gasteiger charge is -2.34. The molecule has 2 rings (SSSR count). The van der Waals surface area contributed by atoms with Crippen molar-refractivity contribution < 1.29 is 14.3 Å². The molecule has 1 saturated heterocycles. The summed E-state index contributed by atoms with van der Waals surface area (Å²) in [6, 6.07) is 8.25. The molecule has 0 spiro atoms. The predicted octanol–water partition coefficient (Wildman–Crippen LogP) is 2.96. The van der Waals surface area contributed by atoms with Crippen LogP contribution in [0.5, 0.6) is 0 Å². The Morgan fingerprint density at radius 2 is 2.00 bits per heavy atom. The number of ether oxygens (including phenoxy) is 2. The molecule has 150 valence electrons. The van der Waals surface area contributed by atoms with Crippen molar-refractivity contribution >= 4 is 11.9 Å². The highest BCUT2D eigenvalue weighted by atomic mass is 16.5. The lowest BCUT2D eigenvalue weighted by atomic mass is 9.98. The summed E-state index contributed by atoms with van der Waals surface area (Å²) >= 11 is 0. The molecule has 1 unspecified atom stereocenters. The Morgan fingerprint density at radius 1 is 1.22 bits per heavy atom. The molecule has 1 aromatic rings. The lowest BCUT2D eigenvalue weighted by Crippen LogP contribution is -2.48. The Balaban J connectivity index is 2.09. The van der Waals surface area contributed by atoms with Crippen LogP contribution in [0.4, 0.5) is 0 Å². The monoisotopic (exact) mass is 375 g/mol. The van der Waals surface area contributed by atoms with E-state index < -0.39 is 0 Å². The van der Waals surface area contributed by atoms with E-state index in [2.05, 4.69) is 29.3 Å². The van der Waals surface area contributed by atoms with Crippen LogP contribution >= 0.6 is 0 Å². The maximum absolute atomic E-state index is 12.1. The summed E-state index contributed by atoms with van der Waals surface area (Å²) in [5.41, 5.74) is 2.34. The molecule has 1 atom stereocenters. The Hall–Kier alpha value is -2.08. The predicted molar refractivity (Wildman–Crippen MR) is 108 cm³/mol. The number of rotatable bonds is 8. The van der Waals surface area contributed by atoms with Crippen LogP contribution in [0.2, 0.25) is 0 Å². The fraction of sp³-hybridized carbons (Fsp3) is 0.619. The molecule has 0 bridgehead atoms. The number of nitrogens with zero attached hydrogens (tertiary/aromatic N) is 2. The van der Waals surface area contributed by atoms with E-state index in [4.69, 9.17) is 14.5 Å². The summed E-state index contributed by atoms with van der Waals surface area (Å²) < 4.78 is 10.8. The molecule has 1 aliphatic heterocycles. The van der Waals surface area contributed by atoms with E-state index in [0.29, 0.717) is 32.9 Å². The zero-order valence-electron chi connectivity index (χ0n) is 16.9. The van der Waals surface area contributed by atoms with Crippen LogP contribution in [0.15, 0.2) is 29.3 Å². The van der Waals surface area contributed by atoms with E-state index in [1.807, 2.05) is 26.0 Å². The minimum Gasteiger partial charge on any atom is -0.466 e. The Morgan fingerprint density at radius 3 is 2.70 bits per heavy atom. The van der Waals surface area contributed by atoms with Crippen LogP contribution in [0.25, 0.3) is 0 Å². The van der Waals surface area contributed by atoms with Crippen molar-refractivity contribution in [2.45, 2.75) is 46.8 Å². The van der Waals surface area contributed by atoms with E-state index in [-0.39, 0.29) is 11.9 Å². The summed E-state index contributed by atoms with van der Waals surface area (Å²) in [6.45, 7) is 10.6. The van der Waals surface area contributed by atoms with Crippen LogP contribution in [0.3, 0.4) is 0 Å². The molecule has 6 nitrogen and oxygen atoms in total. The molecule has 0 saturated carbocycles. The van der Waals surface area contributed by atoms with Gasteiger partial charge in [-0.25, -0.2) is 4.99 Å². The molecule has 1 aliphatic rings. The van der Waals surface area contributed by atoms with Gasteiger partial charge in [0.05, 0.1) is 25.7 Å². The fourth-order valence-electron chi connectivity index (χ4n) is 3.27. The lowest BCUT2D eigenvalue weighted by molar-refractivity contribution is -0.149. The van der Waals surface area contributed by atoms with Gasteiger partial charge < -0.3 is 19.7 Å². The SMILES string of the molecule is CCNC(=NCc1ccccc1COCC)N1CCCC(C(=O)OCC)C1. The highest BCUT2D eigenvalue weighted by Crippen LogP contribution is 2.19. The van der Waals surface area contributed by atoms with Gasteiger partial charge in [-0.3, -0.25) is 4.79 Å². The molecule has 0 radical (unpaired) electrons. The van der Waals surface area contributed by atoms with Gasteiger partial charge in [-0.05, 0) is 44.7 Å². The van der Waals surface area contributed by atoms with Gasteiger partial charge in [0.2, 0.25) is 0 Å². The molecule has 1 aromatic carbocycles. The molecule has 27 heavy (non-hydrogen) atoms. The van der Waals surface area contributed by atoms with E-state index >= 15 is 0 Å². The molecule has 0 amide bonds.